The molecule has 1 unspecified atom stereocenters. The molecule has 0 amide bonds. The Balaban J connectivity index is 1.98. The summed E-state index contributed by atoms with van der Waals surface area (Å²) >= 11 is 1.72. The van der Waals surface area contributed by atoms with Crippen LogP contribution < -0.4 is 10.2 Å². The molecule has 3 rings (SSSR count). The molecule has 2 aromatic rings. The fourth-order valence-electron chi connectivity index (χ4n) is 2.12. The average molecular weight is 231 g/mol. The molecule has 1 aromatic carbocycles. The standard InChI is InChI=1S/C12H13N3S/c1-15-10-5-3-2-4-9(10)14-6-11(15)12-7-13-8-16-12/h2-5,7-8,11,14H,6H2,1H3. The van der Waals surface area contributed by atoms with Crippen LogP contribution in [0.25, 0.3) is 0 Å². The van der Waals surface area contributed by atoms with Crippen molar-refractivity contribution in [3.05, 3.63) is 40.8 Å². The zero-order valence-corrected chi connectivity index (χ0v) is 9.87. The fraction of sp³-hybridized carbons (Fsp3) is 0.250. The fourth-order valence-corrected chi connectivity index (χ4v) is 2.89. The van der Waals surface area contributed by atoms with Gasteiger partial charge in [-0.05, 0) is 12.1 Å². The van der Waals surface area contributed by atoms with Crippen LogP contribution in [0.5, 0.6) is 0 Å². The van der Waals surface area contributed by atoms with Crippen LogP contribution in [-0.4, -0.2) is 18.6 Å². The summed E-state index contributed by atoms with van der Waals surface area (Å²) in [5.74, 6) is 0. The monoisotopic (exact) mass is 231 g/mol. The summed E-state index contributed by atoms with van der Waals surface area (Å²) in [6.45, 7) is 0.940. The van der Waals surface area contributed by atoms with Crippen LogP contribution in [0.4, 0.5) is 11.4 Å². The molecule has 0 saturated heterocycles. The van der Waals surface area contributed by atoms with Gasteiger partial charge in [-0.2, -0.15) is 0 Å². The third kappa shape index (κ3) is 1.46. The van der Waals surface area contributed by atoms with Crippen LogP contribution in [0.15, 0.2) is 36.0 Å². The van der Waals surface area contributed by atoms with Gasteiger partial charge in [0.2, 0.25) is 0 Å². The average Bonchev–Trinajstić information content (AvgIpc) is 2.83. The first kappa shape index (κ1) is 9.66. The molecule has 1 N–H and O–H groups in total. The Labute approximate surface area is 98.7 Å². The van der Waals surface area contributed by atoms with E-state index >= 15 is 0 Å². The maximum atomic E-state index is 4.15. The van der Waals surface area contributed by atoms with Crippen molar-refractivity contribution in [3.63, 3.8) is 0 Å². The highest BCUT2D eigenvalue weighted by Crippen LogP contribution is 2.36. The molecule has 1 aromatic heterocycles. The predicted octanol–water partition coefficient (Wildman–Crippen LogP) is 2.75. The Hall–Kier alpha value is -1.55. The molecule has 1 aliphatic rings. The molecular weight excluding hydrogens is 218 g/mol. The van der Waals surface area contributed by atoms with E-state index in [0.717, 1.165) is 6.54 Å². The zero-order valence-electron chi connectivity index (χ0n) is 9.05. The van der Waals surface area contributed by atoms with Gasteiger partial charge >= 0.3 is 0 Å². The number of thiazole rings is 1. The lowest BCUT2D eigenvalue weighted by molar-refractivity contribution is 0.695. The second-order valence-corrected chi connectivity index (χ2v) is 4.85. The number of benzene rings is 1. The highest BCUT2D eigenvalue weighted by atomic mass is 32.1. The van der Waals surface area contributed by atoms with E-state index in [-0.39, 0.29) is 0 Å². The number of hydrogen-bond acceptors (Lipinski definition) is 4. The second kappa shape index (κ2) is 3.79. The maximum Gasteiger partial charge on any atom is 0.0820 e. The van der Waals surface area contributed by atoms with Gasteiger partial charge in [0, 0.05) is 24.7 Å². The molecule has 1 atom stereocenters. The molecule has 0 spiro atoms. The predicted molar refractivity (Wildman–Crippen MR) is 68.2 cm³/mol. The highest BCUT2D eigenvalue weighted by Gasteiger charge is 2.24. The Morgan fingerprint density at radius 3 is 3.12 bits per heavy atom. The van der Waals surface area contributed by atoms with Crippen molar-refractivity contribution in [3.8, 4) is 0 Å². The smallest absolute Gasteiger partial charge is 0.0820 e. The number of rotatable bonds is 1. The van der Waals surface area contributed by atoms with E-state index in [4.69, 9.17) is 0 Å². The molecule has 82 valence electrons. The molecule has 1 aliphatic heterocycles. The van der Waals surface area contributed by atoms with Gasteiger partial charge in [0.05, 0.1) is 22.9 Å². The van der Waals surface area contributed by atoms with Gasteiger partial charge in [0.25, 0.3) is 0 Å². The molecule has 4 heteroatoms. The minimum absolute atomic E-state index is 0.391. The largest absolute Gasteiger partial charge is 0.381 e. The zero-order chi connectivity index (χ0) is 11.0. The minimum atomic E-state index is 0.391. The van der Waals surface area contributed by atoms with E-state index in [1.807, 2.05) is 11.7 Å². The summed E-state index contributed by atoms with van der Waals surface area (Å²) in [5, 5.41) is 3.47. The van der Waals surface area contributed by atoms with E-state index in [1.54, 1.807) is 11.3 Å². The quantitative estimate of drug-likeness (QED) is 0.818. The lowest BCUT2D eigenvalue weighted by Crippen LogP contribution is -2.34. The van der Waals surface area contributed by atoms with Gasteiger partial charge in [0.1, 0.15) is 0 Å². The normalized spacial score (nSPS) is 19.1. The first-order valence-electron chi connectivity index (χ1n) is 5.30. The molecule has 0 saturated carbocycles. The minimum Gasteiger partial charge on any atom is -0.381 e. The van der Waals surface area contributed by atoms with Crippen molar-refractivity contribution in [2.45, 2.75) is 6.04 Å². The summed E-state index contributed by atoms with van der Waals surface area (Å²) < 4.78 is 0. The molecule has 3 nitrogen and oxygen atoms in total. The Morgan fingerprint density at radius 1 is 1.44 bits per heavy atom. The van der Waals surface area contributed by atoms with Gasteiger partial charge in [-0.3, -0.25) is 4.98 Å². The summed E-state index contributed by atoms with van der Waals surface area (Å²) in [6.07, 6.45) is 1.96. The van der Waals surface area contributed by atoms with Gasteiger partial charge in [-0.25, -0.2) is 0 Å². The van der Waals surface area contributed by atoms with Gasteiger partial charge in [0.15, 0.2) is 0 Å². The lowest BCUT2D eigenvalue weighted by atomic mass is 10.1. The van der Waals surface area contributed by atoms with Crippen molar-refractivity contribution >= 4 is 22.7 Å². The number of hydrogen-bond donors (Lipinski definition) is 1. The van der Waals surface area contributed by atoms with Crippen LogP contribution in [0.3, 0.4) is 0 Å². The third-order valence-corrected chi connectivity index (χ3v) is 3.89. The second-order valence-electron chi connectivity index (χ2n) is 3.93. The number of aromatic nitrogens is 1. The maximum absolute atomic E-state index is 4.15. The summed E-state index contributed by atoms with van der Waals surface area (Å²) in [5.41, 5.74) is 4.36. The van der Waals surface area contributed by atoms with Crippen LogP contribution in [0, 0.1) is 0 Å². The summed E-state index contributed by atoms with van der Waals surface area (Å²) in [6, 6.07) is 8.80. The third-order valence-electron chi connectivity index (χ3n) is 3.02. The molecular formula is C12H13N3S. The van der Waals surface area contributed by atoms with Crippen molar-refractivity contribution in [1.82, 2.24) is 4.98 Å². The Bertz CT molecular complexity index is 481. The van der Waals surface area contributed by atoms with E-state index in [2.05, 4.69) is 46.5 Å². The molecule has 0 bridgehead atoms. The number of anilines is 2. The molecule has 2 heterocycles. The molecule has 16 heavy (non-hydrogen) atoms. The molecule has 0 radical (unpaired) electrons. The Kier molecular flexibility index (Phi) is 2.29. The van der Waals surface area contributed by atoms with Gasteiger partial charge < -0.3 is 10.2 Å². The first-order valence-corrected chi connectivity index (χ1v) is 6.18. The Morgan fingerprint density at radius 2 is 2.31 bits per heavy atom. The van der Waals surface area contributed by atoms with Crippen LogP contribution >= 0.6 is 11.3 Å². The first-order chi connectivity index (χ1) is 7.86. The molecule has 0 aliphatic carbocycles. The lowest BCUT2D eigenvalue weighted by Gasteiger charge is -2.36. The van der Waals surface area contributed by atoms with E-state index in [9.17, 15) is 0 Å². The van der Waals surface area contributed by atoms with Crippen molar-refractivity contribution in [1.29, 1.82) is 0 Å². The van der Waals surface area contributed by atoms with Crippen LogP contribution in [-0.2, 0) is 0 Å². The number of nitrogens with one attached hydrogen (secondary N) is 1. The number of nitrogens with zero attached hydrogens (tertiary/aromatic N) is 2. The topological polar surface area (TPSA) is 28.2 Å². The van der Waals surface area contributed by atoms with Gasteiger partial charge in [-0.15, -0.1) is 11.3 Å². The van der Waals surface area contributed by atoms with Crippen LogP contribution in [0.1, 0.15) is 10.9 Å². The van der Waals surface area contributed by atoms with Gasteiger partial charge in [-0.1, -0.05) is 12.1 Å². The van der Waals surface area contributed by atoms with Crippen molar-refractivity contribution in [2.24, 2.45) is 0 Å². The van der Waals surface area contributed by atoms with Crippen molar-refractivity contribution in [2.75, 3.05) is 23.8 Å². The number of likely N-dealkylation sites (N-methyl/N-ethyl adjacent to an activating group) is 1. The van der Waals surface area contributed by atoms with E-state index < -0.39 is 0 Å². The number of para-hydroxylation sites is 2. The highest BCUT2D eigenvalue weighted by molar-refractivity contribution is 7.09. The number of fused-ring (bicyclic) bond motifs is 1. The molecule has 0 fully saturated rings. The van der Waals surface area contributed by atoms with E-state index in [0.29, 0.717) is 6.04 Å². The van der Waals surface area contributed by atoms with Crippen LogP contribution in [0.2, 0.25) is 0 Å². The van der Waals surface area contributed by atoms with E-state index in [1.165, 1.54) is 16.3 Å². The summed E-state index contributed by atoms with van der Waals surface area (Å²) in [7, 11) is 2.14. The SMILES string of the molecule is CN1c2ccccc2NCC1c1cncs1. The summed E-state index contributed by atoms with van der Waals surface area (Å²) in [4.78, 5) is 7.78. The van der Waals surface area contributed by atoms with Crippen molar-refractivity contribution < 1.29 is 0 Å².